The van der Waals surface area contributed by atoms with Crippen LogP contribution in [0.3, 0.4) is 0 Å². The molecule has 3 aromatic rings. The molecule has 9 nitrogen and oxygen atoms in total. The van der Waals surface area contributed by atoms with Gasteiger partial charge in [0.05, 0.1) is 5.69 Å². The number of benzene rings is 1. The van der Waals surface area contributed by atoms with Crippen LogP contribution in [0.15, 0.2) is 42.0 Å². The summed E-state index contributed by atoms with van der Waals surface area (Å²) in [5.41, 5.74) is 2.24. The van der Waals surface area contributed by atoms with Gasteiger partial charge in [-0.2, -0.15) is 4.68 Å². The second kappa shape index (κ2) is 8.41. The van der Waals surface area contributed by atoms with E-state index in [0.717, 1.165) is 5.56 Å². The van der Waals surface area contributed by atoms with E-state index in [-0.39, 0.29) is 18.0 Å². The maximum atomic E-state index is 12.5. The Morgan fingerprint density at radius 3 is 2.63 bits per heavy atom. The summed E-state index contributed by atoms with van der Waals surface area (Å²) in [5, 5.41) is 21.2. The maximum absolute atomic E-state index is 12.5. The van der Waals surface area contributed by atoms with Crippen molar-refractivity contribution >= 4 is 29.0 Å². The fourth-order valence-corrected chi connectivity index (χ4v) is 3.12. The van der Waals surface area contributed by atoms with E-state index in [9.17, 15) is 9.59 Å². The molecule has 10 heteroatoms. The lowest BCUT2D eigenvalue weighted by molar-refractivity contribution is 0.0955. The van der Waals surface area contributed by atoms with E-state index < -0.39 is 0 Å². The average Bonchev–Trinajstić information content (AvgIpc) is 3.31. The first-order chi connectivity index (χ1) is 13.0. The Hall–Kier alpha value is -3.27. The molecule has 0 aliphatic rings. The van der Waals surface area contributed by atoms with E-state index in [1.165, 1.54) is 22.3 Å². The van der Waals surface area contributed by atoms with Crippen LogP contribution in [-0.2, 0) is 6.54 Å². The van der Waals surface area contributed by atoms with Crippen molar-refractivity contribution in [3.63, 3.8) is 0 Å². The number of hydrogen-bond acceptors (Lipinski definition) is 6. The first-order valence-corrected chi connectivity index (χ1v) is 9.16. The van der Waals surface area contributed by atoms with Gasteiger partial charge < -0.3 is 16.0 Å². The van der Waals surface area contributed by atoms with Crippen molar-refractivity contribution in [2.24, 2.45) is 0 Å². The van der Waals surface area contributed by atoms with Crippen molar-refractivity contribution in [2.45, 2.75) is 26.4 Å². The van der Waals surface area contributed by atoms with Crippen molar-refractivity contribution in [3.8, 4) is 5.69 Å². The summed E-state index contributed by atoms with van der Waals surface area (Å²) >= 11 is 1.32. The number of urea groups is 1. The van der Waals surface area contributed by atoms with Gasteiger partial charge >= 0.3 is 6.03 Å². The molecule has 0 fully saturated rings. The molecule has 0 spiro atoms. The summed E-state index contributed by atoms with van der Waals surface area (Å²) in [7, 11) is 0. The van der Waals surface area contributed by atoms with Crippen LogP contribution >= 0.6 is 11.3 Å². The Morgan fingerprint density at radius 1 is 1.19 bits per heavy atom. The fourth-order valence-electron chi connectivity index (χ4n) is 2.32. The highest BCUT2D eigenvalue weighted by Gasteiger charge is 2.15. The van der Waals surface area contributed by atoms with E-state index >= 15 is 0 Å². The van der Waals surface area contributed by atoms with Crippen molar-refractivity contribution in [1.82, 2.24) is 30.8 Å². The average molecular weight is 385 g/mol. The number of nitrogens with one attached hydrogen (secondary N) is 3. The van der Waals surface area contributed by atoms with Crippen LogP contribution in [-0.4, -0.2) is 38.2 Å². The van der Waals surface area contributed by atoms with Gasteiger partial charge in [-0.05, 0) is 53.4 Å². The first-order valence-electron chi connectivity index (χ1n) is 8.28. The predicted octanol–water partition coefficient (Wildman–Crippen LogP) is 2.18. The topological polar surface area (TPSA) is 114 Å². The van der Waals surface area contributed by atoms with Crippen LogP contribution in [0.1, 0.15) is 29.1 Å². The molecule has 0 bridgehead atoms. The zero-order valence-electron chi connectivity index (χ0n) is 14.8. The molecule has 1 aromatic carbocycles. The van der Waals surface area contributed by atoms with E-state index in [0.29, 0.717) is 22.8 Å². The highest BCUT2D eigenvalue weighted by molar-refractivity contribution is 7.12. The van der Waals surface area contributed by atoms with E-state index in [1.54, 1.807) is 18.2 Å². The van der Waals surface area contributed by atoms with Gasteiger partial charge in [0.2, 0.25) is 0 Å². The van der Waals surface area contributed by atoms with Crippen LogP contribution in [0.5, 0.6) is 0 Å². The summed E-state index contributed by atoms with van der Waals surface area (Å²) in [6.45, 7) is 4.15. The Morgan fingerprint density at radius 2 is 1.96 bits per heavy atom. The molecule has 3 rings (SSSR count). The molecule has 0 aliphatic heterocycles. The minimum Gasteiger partial charge on any atom is -0.347 e. The number of carbonyl (C=O) groups excluding carboxylic acids is 2. The lowest BCUT2D eigenvalue weighted by Crippen LogP contribution is -2.34. The lowest BCUT2D eigenvalue weighted by Gasteiger charge is -2.11. The van der Waals surface area contributed by atoms with Gasteiger partial charge in [0, 0.05) is 18.3 Å². The van der Waals surface area contributed by atoms with Crippen LogP contribution < -0.4 is 16.0 Å². The first kappa shape index (κ1) is 18.5. The van der Waals surface area contributed by atoms with Gasteiger partial charge in [0.15, 0.2) is 0 Å². The molecule has 0 aliphatic carbocycles. The van der Waals surface area contributed by atoms with Gasteiger partial charge in [-0.25, -0.2) is 4.79 Å². The van der Waals surface area contributed by atoms with Crippen molar-refractivity contribution < 1.29 is 9.59 Å². The number of nitrogens with zero attached hydrogens (tertiary/aromatic N) is 4. The number of anilines is 1. The summed E-state index contributed by atoms with van der Waals surface area (Å²) in [4.78, 5) is 24.7. The quantitative estimate of drug-likeness (QED) is 0.602. The van der Waals surface area contributed by atoms with Crippen molar-refractivity contribution in [1.29, 1.82) is 0 Å². The molecular weight excluding hydrogens is 366 g/mol. The molecule has 0 radical (unpaired) electrons. The minimum absolute atomic E-state index is 0.0648. The largest absolute Gasteiger partial charge is 0.347 e. The van der Waals surface area contributed by atoms with Gasteiger partial charge in [-0.1, -0.05) is 12.1 Å². The van der Waals surface area contributed by atoms with Gasteiger partial charge in [-0.15, -0.1) is 16.4 Å². The normalized spacial score (nSPS) is 10.6. The molecule has 0 saturated carbocycles. The second-order valence-corrected chi connectivity index (χ2v) is 6.94. The van der Waals surface area contributed by atoms with Gasteiger partial charge in [0.1, 0.15) is 11.2 Å². The number of amides is 3. The summed E-state index contributed by atoms with van der Waals surface area (Å²) in [6.07, 6.45) is 1.44. The number of hydrogen-bond donors (Lipinski definition) is 3. The van der Waals surface area contributed by atoms with Crippen molar-refractivity contribution in [3.05, 3.63) is 52.5 Å². The standard InChI is InChI=1S/C17H19N7O2S/c1-11(2)20-17(26)21-13-5-3-12(4-6-13)9-18-16(25)15-14(7-8-27-15)24-10-19-22-23-24/h3-8,10-11H,9H2,1-2H3,(H,18,25)(H2,20,21,26). The summed E-state index contributed by atoms with van der Waals surface area (Å²) in [6, 6.07) is 8.88. The van der Waals surface area contributed by atoms with Crippen LogP contribution in [0.25, 0.3) is 5.69 Å². The molecular formula is C17H19N7O2S. The molecule has 140 valence electrons. The third-order valence-electron chi connectivity index (χ3n) is 3.53. The number of carbonyl (C=O) groups is 2. The lowest BCUT2D eigenvalue weighted by atomic mass is 10.2. The second-order valence-electron chi connectivity index (χ2n) is 6.02. The SMILES string of the molecule is CC(C)NC(=O)Nc1ccc(CNC(=O)c2sccc2-n2cnnn2)cc1. The number of rotatable bonds is 6. The van der Waals surface area contributed by atoms with E-state index in [4.69, 9.17) is 0 Å². The van der Waals surface area contributed by atoms with Gasteiger partial charge in [-0.3, -0.25) is 4.79 Å². The smallest absolute Gasteiger partial charge is 0.319 e. The van der Waals surface area contributed by atoms with Crippen LogP contribution in [0.2, 0.25) is 0 Å². The Bertz CT molecular complexity index is 904. The molecule has 27 heavy (non-hydrogen) atoms. The molecule has 0 saturated heterocycles. The zero-order valence-corrected chi connectivity index (χ0v) is 15.7. The highest BCUT2D eigenvalue weighted by Crippen LogP contribution is 2.20. The molecule has 3 amide bonds. The number of tetrazole rings is 1. The van der Waals surface area contributed by atoms with E-state index in [1.807, 2.05) is 31.4 Å². The molecule has 0 unspecified atom stereocenters. The monoisotopic (exact) mass is 385 g/mol. The van der Waals surface area contributed by atoms with Gasteiger partial charge in [0.25, 0.3) is 5.91 Å². The summed E-state index contributed by atoms with van der Waals surface area (Å²) in [5.74, 6) is -0.200. The fraction of sp³-hybridized carbons (Fsp3) is 0.235. The molecule has 2 aromatic heterocycles. The third kappa shape index (κ3) is 4.88. The molecule has 2 heterocycles. The van der Waals surface area contributed by atoms with Crippen LogP contribution in [0, 0.1) is 0 Å². The Kier molecular flexibility index (Phi) is 5.77. The molecule has 0 atom stereocenters. The predicted molar refractivity (Wildman–Crippen MR) is 102 cm³/mol. The third-order valence-corrected chi connectivity index (χ3v) is 4.43. The van der Waals surface area contributed by atoms with Crippen LogP contribution in [0.4, 0.5) is 10.5 Å². The number of aromatic nitrogens is 4. The van der Waals surface area contributed by atoms with Crippen molar-refractivity contribution in [2.75, 3.05) is 5.32 Å². The zero-order chi connectivity index (χ0) is 19.2. The Balaban J connectivity index is 1.57. The maximum Gasteiger partial charge on any atom is 0.319 e. The minimum atomic E-state index is -0.251. The molecule has 3 N–H and O–H groups in total. The summed E-state index contributed by atoms with van der Waals surface area (Å²) < 4.78 is 1.45. The highest BCUT2D eigenvalue weighted by atomic mass is 32.1. The Labute approximate surface area is 159 Å². The van der Waals surface area contributed by atoms with E-state index in [2.05, 4.69) is 31.5 Å². The number of thiophene rings is 1.